The molecular formula is C36H41BO2. The van der Waals surface area contributed by atoms with Crippen molar-refractivity contribution in [1.82, 2.24) is 0 Å². The quantitative estimate of drug-likeness (QED) is 0.260. The van der Waals surface area contributed by atoms with E-state index in [4.69, 9.17) is 4.74 Å². The zero-order valence-corrected chi connectivity index (χ0v) is 24.7. The minimum Gasteiger partial charge on any atom is -0.458 e. The molecule has 0 bridgehead atoms. The predicted octanol–water partition coefficient (Wildman–Crippen LogP) is 8.72. The van der Waals surface area contributed by atoms with Crippen LogP contribution in [0.3, 0.4) is 0 Å². The van der Waals surface area contributed by atoms with Crippen LogP contribution in [0.4, 0.5) is 0 Å². The molecule has 1 aliphatic heterocycles. The van der Waals surface area contributed by atoms with Crippen LogP contribution in [0.2, 0.25) is 0 Å². The first-order valence-corrected chi connectivity index (χ1v) is 14.5. The molecule has 1 N–H and O–H groups in total. The molecule has 1 heterocycles. The molecule has 0 saturated carbocycles. The van der Waals surface area contributed by atoms with Crippen molar-refractivity contribution in [1.29, 1.82) is 0 Å². The van der Waals surface area contributed by atoms with Gasteiger partial charge in [0.15, 0.2) is 0 Å². The van der Waals surface area contributed by atoms with Gasteiger partial charge in [-0.15, -0.1) is 0 Å². The third kappa shape index (κ3) is 4.94. The summed E-state index contributed by atoms with van der Waals surface area (Å²) >= 11 is 0. The molecule has 0 atom stereocenters. The van der Waals surface area contributed by atoms with Gasteiger partial charge in [-0.1, -0.05) is 116 Å². The van der Waals surface area contributed by atoms with E-state index in [9.17, 15) is 5.02 Å². The maximum absolute atomic E-state index is 11.4. The molecule has 0 spiro atoms. The fourth-order valence-corrected chi connectivity index (χ4v) is 6.06. The summed E-state index contributed by atoms with van der Waals surface area (Å²) in [7, 11) is 0. The number of benzene rings is 4. The lowest BCUT2D eigenvalue weighted by molar-refractivity contribution is 0.480. The van der Waals surface area contributed by atoms with E-state index in [0.717, 1.165) is 33.6 Å². The van der Waals surface area contributed by atoms with Gasteiger partial charge in [-0.3, -0.25) is 0 Å². The Hall–Kier alpha value is -3.30. The summed E-state index contributed by atoms with van der Waals surface area (Å²) in [5.74, 6) is 3.08. The zero-order valence-electron chi connectivity index (χ0n) is 24.7. The van der Waals surface area contributed by atoms with Gasteiger partial charge in [0.2, 0.25) is 0 Å². The predicted molar refractivity (Wildman–Crippen MR) is 167 cm³/mol. The highest BCUT2D eigenvalue weighted by atomic mass is 16.5. The summed E-state index contributed by atoms with van der Waals surface area (Å²) in [4.78, 5) is 0. The lowest BCUT2D eigenvalue weighted by atomic mass is 9.54. The largest absolute Gasteiger partial charge is 0.458 e. The number of ether oxygens (including phenoxy) is 1. The highest BCUT2D eigenvalue weighted by Crippen LogP contribution is 2.40. The molecule has 5 rings (SSSR count). The number of hydrogen-bond donors (Lipinski definition) is 1. The fourth-order valence-electron chi connectivity index (χ4n) is 6.06. The Kier molecular flexibility index (Phi) is 7.48. The Morgan fingerprint density at radius 3 is 1.15 bits per heavy atom. The Balaban J connectivity index is 1.63. The minimum atomic E-state index is -0.721. The van der Waals surface area contributed by atoms with Crippen molar-refractivity contribution in [3.8, 4) is 33.8 Å². The second kappa shape index (κ2) is 10.7. The molecule has 4 aromatic rings. The van der Waals surface area contributed by atoms with Crippen molar-refractivity contribution in [3.63, 3.8) is 0 Å². The van der Waals surface area contributed by atoms with Crippen molar-refractivity contribution < 1.29 is 9.76 Å². The van der Waals surface area contributed by atoms with Gasteiger partial charge >= 0.3 is 6.92 Å². The molecule has 0 fully saturated rings. The first-order valence-electron chi connectivity index (χ1n) is 14.5. The Morgan fingerprint density at radius 1 is 0.513 bits per heavy atom. The third-order valence-corrected chi connectivity index (χ3v) is 8.16. The highest BCUT2D eigenvalue weighted by Gasteiger charge is 2.31. The van der Waals surface area contributed by atoms with E-state index in [1.54, 1.807) is 0 Å². The normalized spacial score (nSPS) is 12.8. The molecule has 0 amide bonds. The van der Waals surface area contributed by atoms with Gasteiger partial charge in [0, 0.05) is 0 Å². The molecular weight excluding hydrogens is 475 g/mol. The molecule has 0 aromatic heterocycles. The Labute approximate surface area is 235 Å². The second-order valence-electron chi connectivity index (χ2n) is 12.3. The maximum atomic E-state index is 11.4. The van der Waals surface area contributed by atoms with Crippen LogP contribution in [-0.2, 0) is 0 Å². The number of hydrogen-bond acceptors (Lipinski definition) is 2. The lowest BCUT2D eigenvalue weighted by Crippen LogP contribution is -2.46. The molecule has 0 unspecified atom stereocenters. The van der Waals surface area contributed by atoms with Crippen molar-refractivity contribution in [2.24, 2.45) is 0 Å². The van der Waals surface area contributed by atoms with E-state index in [-0.39, 0.29) is 0 Å². The van der Waals surface area contributed by atoms with Gasteiger partial charge in [0.25, 0.3) is 0 Å². The average molecular weight is 517 g/mol. The van der Waals surface area contributed by atoms with E-state index >= 15 is 0 Å². The Morgan fingerprint density at radius 2 is 0.846 bits per heavy atom. The van der Waals surface area contributed by atoms with Crippen molar-refractivity contribution in [2.45, 2.75) is 79.1 Å². The SMILES string of the molecule is CC(C)c1cccc(C(C)C)c1-c1ccc2c(c1)Oc1cc(-c3c(C(C)C)cccc3C(C)C)ccc1B2O. The van der Waals surface area contributed by atoms with E-state index in [1.165, 1.54) is 33.4 Å². The van der Waals surface area contributed by atoms with Gasteiger partial charge in [0.1, 0.15) is 11.5 Å². The highest BCUT2D eigenvalue weighted by molar-refractivity contribution is 6.80. The van der Waals surface area contributed by atoms with Crippen LogP contribution in [0.1, 0.15) is 101 Å². The van der Waals surface area contributed by atoms with Crippen LogP contribution >= 0.6 is 0 Å². The van der Waals surface area contributed by atoms with Crippen LogP contribution in [0, 0.1) is 0 Å². The first-order chi connectivity index (χ1) is 18.6. The van der Waals surface area contributed by atoms with E-state index in [1.807, 2.05) is 12.1 Å². The van der Waals surface area contributed by atoms with Gasteiger partial charge in [-0.2, -0.15) is 0 Å². The Bertz CT molecular complexity index is 1350. The smallest absolute Gasteiger partial charge is 0.366 e. The number of rotatable bonds is 6. The summed E-state index contributed by atoms with van der Waals surface area (Å²) in [6.45, 7) is 17.3. The second-order valence-corrected chi connectivity index (χ2v) is 12.3. The van der Waals surface area contributed by atoms with Crippen molar-refractivity contribution >= 4 is 17.8 Å². The van der Waals surface area contributed by atoms with E-state index in [0.29, 0.717) is 23.7 Å². The van der Waals surface area contributed by atoms with Crippen LogP contribution < -0.4 is 15.7 Å². The van der Waals surface area contributed by atoms with Crippen LogP contribution in [0.15, 0.2) is 72.8 Å². The van der Waals surface area contributed by atoms with Crippen LogP contribution in [0.5, 0.6) is 11.5 Å². The summed E-state index contributed by atoms with van der Waals surface area (Å²) in [5.41, 5.74) is 11.8. The zero-order chi connectivity index (χ0) is 28.0. The van der Waals surface area contributed by atoms with Crippen LogP contribution in [-0.4, -0.2) is 11.9 Å². The minimum absolute atomic E-state index is 0.403. The van der Waals surface area contributed by atoms with Crippen molar-refractivity contribution in [3.05, 3.63) is 95.1 Å². The molecule has 4 aromatic carbocycles. The average Bonchev–Trinajstić information content (AvgIpc) is 2.91. The van der Waals surface area contributed by atoms with E-state index in [2.05, 4.69) is 116 Å². The lowest BCUT2D eigenvalue weighted by Gasteiger charge is -2.26. The van der Waals surface area contributed by atoms with Gasteiger partial charge in [-0.25, -0.2) is 0 Å². The molecule has 0 saturated heterocycles. The summed E-state index contributed by atoms with van der Waals surface area (Å²) in [6.07, 6.45) is 0. The maximum Gasteiger partial charge on any atom is 0.366 e. The summed E-state index contributed by atoms with van der Waals surface area (Å²) in [5, 5.41) is 11.4. The standard InChI is InChI=1S/C36H41BO2/c1-21(2)27-11-9-12-28(22(3)4)35(27)25-15-17-31-33(19-25)39-34-20-26(16-18-32(34)37(31)38)36-29(23(5)6)13-10-14-30(36)24(7)8/h9-24,38H,1-8H3. The van der Waals surface area contributed by atoms with Crippen molar-refractivity contribution in [2.75, 3.05) is 0 Å². The van der Waals surface area contributed by atoms with Gasteiger partial charge < -0.3 is 9.76 Å². The molecule has 2 nitrogen and oxygen atoms in total. The molecule has 200 valence electrons. The first kappa shape index (κ1) is 27.3. The summed E-state index contributed by atoms with van der Waals surface area (Å²) < 4.78 is 6.61. The molecule has 1 aliphatic rings. The van der Waals surface area contributed by atoms with E-state index < -0.39 is 6.92 Å². The van der Waals surface area contributed by atoms with Gasteiger partial charge in [0.05, 0.1) is 0 Å². The fraction of sp³-hybridized carbons (Fsp3) is 0.333. The summed E-state index contributed by atoms with van der Waals surface area (Å²) in [6, 6.07) is 25.9. The van der Waals surface area contributed by atoms with Gasteiger partial charge in [-0.05, 0) is 91.2 Å². The molecule has 39 heavy (non-hydrogen) atoms. The van der Waals surface area contributed by atoms with Crippen LogP contribution in [0.25, 0.3) is 22.3 Å². The molecule has 0 radical (unpaired) electrons. The number of fused-ring (bicyclic) bond motifs is 2. The topological polar surface area (TPSA) is 29.5 Å². The molecule has 0 aliphatic carbocycles. The third-order valence-electron chi connectivity index (χ3n) is 8.16. The molecule has 3 heteroatoms. The monoisotopic (exact) mass is 516 g/mol.